The quantitative estimate of drug-likeness (QED) is 0.743. The Bertz CT molecular complexity index is 555. The van der Waals surface area contributed by atoms with Gasteiger partial charge in [0.1, 0.15) is 23.2 Å². The number of hydrogen-bond acceptors (Lipinski definition) is 4. The zero-order valence-corrected chi connectivity index (χ0v) is 10.8. The molecule has 2 aromatic rings. The smallest absolute Gasteiger partial charge is 0.186 e. The summed E-state index contributed by atoms with van der Waals surface area (Å²) in [5.41, 5.74) is 1.58. The maximum atomic E-state index is 12.4. The summed E-state index contributed by atoms with van der Waals surface area (Å²) in [6, 6.07) is 9.24. The lowest BCUT2D eigenvalue weighted by Crippen LogP contribution is -2.26. The highest BCUT2D eigenvalue weighted by atomic mass is 32.2. The highest BCUT2D eigenvalue weighted by molar-refractivity contribution is 7.92. The number of thiophene rings is 1. The maximum absolute atomic E-state index is 12.4. The Balaban J connectivity index is 2.26. The third-order valence-corrected chi connectivity index (χ3v) is 5.31. The van der Waals surface area contributed by atoms with Crippen molar-refractivity contribution in [1.82, 2.24) is 0 Å². The number of benzene rings is 1. The van der Waals surface area contributed by atoms with Gasteiger partial charge < -0.3 is 9.66 Å². The third kappa shape index (κ3) is 1.58. The second kappa shape index (κ2) is 4.03. The van der Waals surface area contributed by atoms with Gasteiger partial charge in [-0.2, -0.15) is 4.31 Å². The SMILES string of the molecule is CN1c2ccsc2C(O)c2ccccc2[S+]1[O-]. The first-order valence-corrected chi connectivity index (χ1v) is 7.19. The Morgan fingerprint density at radius 1 is 1.35 bits per heavy atom. The minimum absolute atomic E-state index is 0.685. The van der Waals surface area contributed by atoms with E-state index in [1.807, 2.05) is 35.7 Å². The number of aliphatic hydroxyl groups excluding tert-OH is 1. The molecule has 1 aromatic carbocycles. The normalized spacial score (nSPS) is 22.9. The van der Waals surface area contributed by atoms with E-state index in [4.69, 9.17) is 0 Å². The fourth-order valence-electron chi connectivity index (χ4n) is 2.02. The van der Waals surface area contributed by atoms with Gasteiger partial charge in [-0.3, -0.25) is 0 Å². The zero-order chi connectivity index (χ0) is 12.0. The molecule has 0 fully saturated rings. The number of fused-ring (bicyclic) bond motifs is 2. The van der Waals surface area contributed by atoms with Crippen molar-refractivity contribution in [3.05, 3.63) is 46.2 Å². The first kappa shape index (κ1) is 11.1. The molecule has 1 aliphatic rings. The Morgan fingerprint density at radius 2 is 2.12 bits per heavy atom. The van der Waals surface area contributed by atoms with E-state index in [1.165, 1.54) is 11.3 Å². The molecule has 0 spiro atoms. The van der Waals surface area contributed by atoms with Crippen LogP contribution < -0.4 is 4.31 Å². The molecule has 2 atom stereocenters. The summed E-state index contributed by atoms with van der Waals surface area (Å²) in [5, 5.41) is 12.3. The lowest BCUT2D eigenvalue weighted by Gasteiger charge is -2.19. The van der Waals surface area contributed by atoms with Gasteiger partial charge in [0.15, 0.2) is 4.90 Å². The van der Waals surface area contributed by atoms with Crippen LogP contribution in [-0.4, -0.2) is 16.7 Å². The van der Waals surface area contributed by atoms with E-state index in [0.29, 0.717) is 4.90 Å². The van der Waals surface area contributed by atoms with Gasteiger partial charge in [-0.25, -0.2) is 0 Å². The van der Waals surface area contributed by atoms with Crippen LogP contribution >= 0.6 is 11.3 Å². The summed E-state index contributed by atoms with van der Waals surface area (Å²) in [6.07, 6.45) is -0.685. The highest BCUT2D eigenvalue weighted by Crippen LogP contribution is 2.42. The molecule has 5 heteroatoms. The van der Waals surface area contributed by atoms with Gasteiger partial charge in [0.25, 0.3) is 0 Å². The summed E-state index contributed by atoms with van der Waals surface area (Å²) in [5.74, 6) is 0. The van der Waals surface area contributed by atoms with E-state index in [9.17, 15) is 9.66 Å². The third-order valence-electron chi connectivity index (χ3n) is 2.91. The molecule has 2 heterocycles. The molecule has 88 valence electrons. The van der Waals surface area contributed by atoms with Crippen molar-refractivity contribution in [2.45, 2.75) is 11.0 Å². The van der Waals surface area contributed by atoms with Crippen molar-refractivity contribution in [2.24, 2.45) is 0 Å². The minimum atomic E-state index is -1.26. The van der Waals surface area contributed by atoms with Crippen LogP contribution in [0.2, 0.25) is 0 Å². The molecule has 1 N–H and O–H groups in total. The molecular formula is C12H11NO2S2. The van der Waals surface area contributed by atoms with Crippen molar-refractivity contribution >= 4 is 28.4 Å². The van der Waals surface area contributed by atoms with E-state index < -0.39 is 17.5 Å². The van der Waals surface area contributed by atoms with E-state index >= 15 is 0 Å². The number of anilines is 1. The molecule has 3 nitrogen and oxygen atoms in total. The average Bonchev–Trinajstić information content (AvgIpc) is 2.82. The molecule has 1 aliphatic heterocycles. The van der Waals surface area contributed by atoms with E-state index in [2.05, 4.69) is 0 Å². The predicted octanol–water partition coefficient (Wildman–Crippen LogP) is 2.30. The van der Waals surface area contributed by atoms with Crippen molar-refractivity contribution in [1.29, 1.82) is 0 Å². The molecule has 0 bridgehead atoms. The van der Waals surface area contributed by atoms with Gasteiger partial charge in [-0.1, -0.05) is 18.2 Å². The average molecular weight is 265 g/mol. The van der Waals surface area contributed by atoms with Crippen molar-refractivity contribution in [3.8, 4) is 0 Å². The summed E-state index contributed by atoms with van der Waals surface area (Å²) < 4.78 is 14.1. The first-order chi connectivity index (χ1) is 8.20. The largest absolute Gasteiger partial charge is 0.588 e. The number of aliphatic hydroxyl groups is 1. The predicted molar refractivity (Wildman–Crippen MR) is 69.6 cm³/mol. The number of hydrogen-bond donors (Lipinski definition) is 1. The summed E-state index contributed by atoms with van der Waals surface area (Å²) in [7, 11) is 1.79. The van der Waals surface area contributed by atoms with Crippen LogP contribution in [0.3, 0.4) is 0 Å². The molecule has 0 saturated carbocycles. The van der Waals surface area contributed by atoms with Crippen LogP contribution in [-0.2, 0) is 11.4 Å². The topological polar surface area (TPSA) is 46.5 Å². The number of rotatable bonds is 0. The standard InChI is InChI=1S/C12H11NO2S2/c1-13-9-6-7-16-12(9)11(14)8-4-2-3-5-10(8)17(13)15/h2-7,11,14H,1H3. The Morgan fingerprint density at radius 3 is 2.94 bits per heavy atom. The molecule has 0 saturated heterocycles. The van der Waals surface area contributed by atoms with Gasteiger partial charge in [0.05, 0.1) is 11.9 Å². The van der Waals surface area contributed by atoms with Gasteiger partial charge in [0, 0.05) is 5.56 Å². The van der Waals surface area contributed by atoms with Crippen LogP contribution in [0.4, 0.5) is 5.69 Å². The maximum Gasteiger partial charge on any atom is 0.186 e. The van der Waals surface area contributed by atoms with Gasteiger partial charge in [-0.15, -0.1) is 11.3 Å². The van der Waals surface area contributed by atoms with E-state index in [-0.39, 0.29) is 0 Å². The lowest BCUT2D eigenvalue weighted by atomic mass is 10.1. The van der Waals surface area contributed by atoms with Gasteiger partial charge in [0.2, 0.25) is 0 Å². The minimum Gasteiger partial charge on any atom is -0.588 e. The van der Waals surface area contributed by atoms with Crippen LogP contribution in [0.15, 0.2) is 40.6 Å². The Labute approximate surface area is 107 Å². The molecule has 1 aromatic heterocycles. The van der Waals surface area contributed by atoms with Crippen LogP contribution in [0, 0.1) is 0 Å². The molecule has 17 heavy (non-hydrogen) atoms. The monoisotopic (exact) mass is 265 g/mol. The molecule has 2 unspecified atom stereocenters. The lowest BCUT2D eigenvalue weighted by molar-refractivity contribution is 0.222. The molecule has 3 rings (SSSR count). The van der Waals surface area contributed by atoms with Gasteiger partial charge in [-0.05, 0) is 17.5 Å². The van der Waals surface area contributed by atoms with Crippen molar-refractivity contribution in [2.75, 3.05) is 11.4 Å². The Kier molecular flexibility index (Phi) is 2.63. The highest BCUT2D eigenvalue weighted by Gasteiger charge is 2.34. The van der Waals surface area contributed by atoms with Crippen molar-refractivity contribution < 1.29 is 9.66 Å². The van der Waals surface area contributed by atoms with Gasteiger partial charge >= 0.3 is 0 Å². The molecule has 0 radical (unpaired) electrons. The van der Waals surface area contributed by atoms with E-state index in [1.54, 1.807) is 11.4 Å². The molecule has 0 amide bonds. The van der Waals surface area contributed by atoms with Crippen LogP contribution in [0.25, 0.3) is 0 Å². The summed E-state index contributed by atoms with van der Waals surface area (Å²) >= 11 is 0.232. The van der Waals surface area contributed by atoms with Crippen LogP contribution in [0.5, 0.6) is 0 Å². The Hall–Kier alpha value is -1.01. The van der Waals surface area contributed by atoms with E-state index in [0.717, 1.165) is 16.1 Å². The molecule has 0 aliphatic carbocycles. The fourth-order valence-corrected chi connectivity index (χ4v) is 4.21. The molecular weight excluding hydrogens is 254 g/mol. The summed E-state index contributed by atoms with van der Waals surface area (Å²) in [6.45, 7) is 0. The second-order valence-corrected chi connectivity index (χ2v) is 6.29. The van der Waals surface area contributed by atoms with Crippen LogP contribution in [0.1, 0.15) is 16.5 Å². The number of nitrogens with zero attached hydrogens (tertiary/aromatic N) is 1. The zero-order valence-electron chi connectivity index (χ0n) is 9.16. The summed E-state index contributed by atoms with van der Waals surface area (Å²) in [4.78, 5) is 1.54. The van der Waals surface area contributed by atoms with Crippen molar-refractivity contribution in [3.63, 3.8) is 0 Å². The fraction of sp³-hybridized carbons (Fsp3) is 0.167. The second-order valence-electron chi connectivity index (χ2n) is 3.86. The first-order valence-electron chi connectivity index (χ1n) is 5.20.